The fourth-order valence-corrected chi connectivity index (χ4v) is 1.85. The van der Waals surface area contributed by atoms with E-state index in [0.717, 1.165) is 0 Å². The second kappa shape index (κ2) is 3.29. The molecule has 1 saturated carbocycles. The van der Waals surface area contributed by atoms with Gasteiger partial charge in [0.2, 0.25) is 5.91 Å². The maximum Gasteiger partial charge on any atom is 0.229 e. The Morgan fingerprint density at radius 2 is 2.25 bits per heavy atom. The lowest BCUT2D eigenvalue weighted by atomic mass is 10.1. The Hall–Kier alpha value is -0.180. The van der Waals surface area contributed by atoms with Crippen LogP contribution in [0, 0.1) is 11.3 Å². The molecular weight excluding hydrogens is 170 g/mol. The van der Waals surface area contributed by atoms with Crippen LogP contribution in [0.3, 0.4) is 0 Å². The van der Waals surface area contributed by atoms with E-state index in [1.165, 1.54) is 6.42 Å². The van der Waals surface area contributed by atoms with Gasteiger partial charge < -0.3 is 5.32 Å². The molecule has 0 bridgehead atoms. The van der Waals surface area contributed by atoms with Crippen molar-refractivity contribution in [3.63, 3.8) is 0 Å². The minimum absolute atomic E-state index is 0.0357. The molecule has 1 aliphatic rings. The lowest BCUT2D eigenvalue weighted by Crippen LogP contribution is -2.35. The highest BCUT2D eigenvalue weighted by Gasteiger charge is 2.48. The third kappa shape index (κ3) is 2.16. The number of thiol groups is 1. The van der Waals surface area contributed by atoms with Gasteiger partial charge in [-0.15, -0.1) is 0 Å². The quantitative estimate of drug-likeness (QED) is 0.644. The SMILES string of the molecule is CC(NC(=O)CS)C1CC1(C)C. The average molecular weight is 187 g/mol. The van der Waals surface area contributed by atoms with Crippen molar-refractivity contribution in [3.8, 4) is 0 Å². The van der Waals surface area contributed by atoms with Crippen LogP contribution in [-0.2, 0) is 4.79 Å². The van der Waals surface area contributed by atoms with Gasteiger partial charge in [0.25, 0.3) is 0 Å². The van der Waals surface area contributed by atoms with Crippen LogP contribution in [0.15, 0.2) is 0 Å². The predicted molar refractivity (Wildman–Crippen MR) is 53.3 cm³/mol. The highest BCUT2D eigenvalue weighted by Crippen LogP contribution is 2.53. The second-order valence-corrected chi connectivity index (χ2v) is 4.63. The molecule has 1 fully saturated rings. The first kappa shape index (κ1) is 9.90. The summed E-state index contributed by atoms with van der Waals surface area (Å²) in [6, 6.07) is 0.305. The van der Waals surface area contributed by atoms with Crippen molar-refractivity contribution in [1.82, 2.24) is 5.32 Å². The zero-order valence-electron chi connectivity index (χ0n) is 7.92. The Morgan fingerprint density at radius 1 is 1.75 bits per heavy atom. The number of nitrogens with one attached hydrogen (secondary N) is 1. The Kier molecular flexibility index (Phi) is 2.71. The van der Waals surface area contributed by atoms with E-state index in [9.17, 15) is 4.79 Å². The van der Waals surface area contributed by atoms with Crippen molar-refractivity contribution in [2.75, 3.05) is 5.75 Å². The summed E-state index contributed by atoms with van der Waals surface area (Å²) in [6.07, 6.45) is 1.22. The molecule has 0 spiro atoms. The Balaban J connectivity index is 2.31. The van der Waals surface area contributed by atoms with Crippen LogP contribution in [0.25, 0.3) is 0 Å². The van der Waals surface area contributed by atoms with Crippen LogP contribution >= 0.6 is 12.6 Å². The van der Waals surface area contributed by atoms with Crippen molar-refractivity contribution in [2.24, 2.45) is 11.3 Å². The van der Waals surface area contributed by atoms with E-state index in [-0.39, 0.29) is 11.7 Å². The number of hydrogen-bond donors (Lipinski definition) is 2. The van der Waals surface area contributed by atoms with Gasteiger partial charge in [-0.05, 0) is 24.7 Å². The summed E-state index contributed by atoms with van der Waals surface area (Å²) in [5.41, 5.74) is 0.434. The molecule has 0 aromatic carbocycles. The third-order valence-corrected chi connectivity index (χ3v) is 3.01. The monoisotopic (exact) mass is 187 g/mol. The van der Waals surface area contributed by atoms with E-state index in [4.69, 9.17) is 0 Å². The molecule has 3 heteroatoms. The summed E-state index contributed by atoms with van der Waals surface area (Å²) in [6.45, 7) is 6.54. The van der Waals surface area contributed by atoms with Crippen molar-refractivity contribution in [1.29, 1.82) is 0 Å². The zero-order valence-corrected chi connectivity index (χ0v) is 8.82. The Morgan fingerprint density at radius 3 is 2.58 bits per heavy atom. The van der Waals surface area contributed by atoms with Crippen molar-refractivity contribution >= 4 is 18.5 Å². The van der Waals surface area contributed by atoms with Crippen LogP contribution in [0.4, 0.5) is 0 Å². The summed E-state index contributed by atoms with van der Waals surface area (Å²) in [4.78, 5) is 11.0. The number of carbonyl (C=O) groups excluding carboxylic acids is 1. The summed E-state index contributed by atoms with van der Waals surface area (Å²) < 4.78 is 0. The fourth-order valence-electron chi connectivity index (χ4n) is 1.76. The second-order valence-electron chi connectivity index (χ2n) is 4.31. The third-order valence-electron chi connectivity index (χ3n) is 2.73. The van der Waals surface area contributed by atoms with Gasteiger partial charge in [-0.2, -0.15) is 12.6 Å². The molecule has 0 radical (unpaired) electrons. The van der Waals surface area contributed by atoms with Crippen molar-refractivity contribution in [2.45, 2.75) is 33.2 Å². The molecule has 0 aromatic rings. The molecule has 2 unspecified atom stereocenters. The molecule has 12 heavy (non-hydrogen) atoms. The highest BCUT2D eigenvalue weighted by molar-refractivity contribution is 7.81. The van der Waals surface area contributed by atoms with Crippen molar-refractivity contribution < 1.29 is 4.79 Å². The molecule has 1 amide bonds. The summed E-state index contributed by atoms with van der Waals surface area (Å²) in [5.74, 6) is 0.979. The van der Waals surface area contributed by atoms with Gasteiger partial charge in [0.15, 0.2) is 0 Å². The van der Waals surface area contributed by atoms with Gasteiger partial charge >= 0.3 is 0 Å². The zero-order chi connectivity index (χ0) is 9.35. The molecular formula is C9H17NOS. The van der Waals surface area contributed by atoms with Crippen LogP contribution in [0.1, 0.15) is 27.2 Å². The molecule has 0 aliphatic heterocycles. The van der Waals surface area contributed by atoms with Crippen molar-refractivity contribution in [3.05, 3.63) is 0 Å². The molecule has 70 valence electrons. The normalized spacial score (nSPS) is 27.8. The average Bonchev–Trinajstić information content (AvgIpc) is 2.59. The molecule has 2 nitrogen and oxygen atoms in total. The summed E-state index contributed by atoms with van der Waals surface area (Å²) >= 11 is 3.91. The number of hydrogen-bond acceptors (Lipinski definition) is 2. The van der Waals surface area contributed by atoms with E-state index in [1.807, 2.05) is 0 Å². The summed E-state index contributed by atoms with van der Waals surface area (Å²) in [7, 11) is 0. The first-order valence-electron chi connectivity index (χ1n) is 4.37. The Labute approximate surface area is 79.5 Å². The van der Waals surface area contributed by atoms with Crippen LogP contribution in [0.2, 0.25) is 0 Å². The Bertz CT molecular complexity index is 191. The van der Waals surface area contributed by atoms with E-state index >= 15 is 0 Å². The van der Waals surface area contributed by atoms with Gasteiger partial charge in [0, 0.05) is 6.04 Å². The molecule has 0 saturated heterocycles. The molecule has 1 N–H and O–H groups in total. The first-order valence-corrected chi connectivity index (χ1v) is 5.01. The standard InChI is InChI=1S/C9H17NOS/c1-6(10-8(11)5-12)7-4-9(7,2)3/h6-7,12H,4-5H2,1-3H3,(H,10,11). The van der Waals surface area contributed by atoms with Crippen LogP contribution < -0.4 is 5.32 Å². The van der Waals surface area contributed by atoms with E-state index in [2.05, 4.69) is 38.7 Å². The highest BCUT2D eigenvalue weighted by atomic mass is 32.1. The van der Waals surface area contributed by atoms with Gasteiger partial charge in [-0.1, -0.05) is 13.8 Å². The molecule has 0 heterocycles. The molecule has 1 aliphatic carbocycles. The maximum atomic E-state index is 11.0. The number of carbonyl (C=O) groups is 1. The lowest BCUT2D eigenvalue weighted by molar-refractivity contribution is -0.119. The topological polar surface area (TPSA) is 29.1 Å². The molecule has 2 atom stereocenters. The largest absolute Gasteiger partial charge is 0.353 e. The van der Waals surface area contributed by atoms with Gasteiger partial charge in [0.05, 0.1) is 5.75 Å². The van der Waals surface area contributed by atoms with Gasteiger partial charge in [-0.3, -0.25) is 4.79 Å². The smallest absolute Gasteiger partial charge is 0.229 e. The molecule has 1 rings (SSSR count). The minimum Gasteiger partial charge on any atom is -0.353 e. The maximum absolute atomic E-state index is 11.0. The predicted octanol–water partition coefficient (Wildman–Crippen LogP) is 1.47. The van der Waals surface area contributed by atoms with Crippen LogP contribution in [-0.4, -0.2) is 17.7 Å². The van der Waals surface area contributed by atoms with Crippen LogP contribution in [0.5, 0.6) is 0 Å². The summed E-state index contributed by atoms with van der Waals surface area (Å²) in [5, 5.41) is 2.93. The minimum atomic E-state index is 0.0357. The molecule has 0 aromatic heterocycles. The van der Waals surface area contributed by atoms with E-state index in [0.29, 0.717) is 17.4 Å². The fraction of sp³-hybridized carbons (Fsp3) is 0.889. The van der Waals surface area contributed by atoms with E-state index in [1.54, 1.807) is 0 Å². The van der Waals surface area contributed by atoms with Gasteiger partial charge in [-0.25, -0.2) is 0 Å². The van der Waals surface area contributed by atoms with E-state index < -0.39 is 0 Å². The number of amides is 1. The number of rotatable bonds is 3. The van der Waals surface area contributed by atoms with Gasteiger partial charge in [0.1, 0.15) is 0 Å². The first-order chi connectivity index (χ1) is 5.47. The lowest BCUT2D eigenvalue weighted by Gasteiger charge is -2.14.